The van der Waals surface area contributed by atoms with Gasteiger partial charge in [0.1, 0.15) is 5.75 Å². The van der Waals surface area contributed by atoms with Crippen LogP contribution in [0, 0.1) is 0 Å². The van der Waals surface area contributed by atoms with Crippen molar-refractivity contribution in [3.63, 3.8) is 0 Å². The molecular formula is C14H10BrN3O. The second-order valence-electron chi connectivity index (χ2n) is 4.06. The molecule has 0 bridgehead atoms. The van der Waals surface area contributed by atoms with E-state index in [-0.39, 0.29) is 0 Å². The molecule has 4 nitrogen and oxygen atoms in total. The Morgan fingerprint density at radius 3 is 2.79 bits per heavy atom. The Balaban J connectivity index is 2.05. The third-order valence-electron chi connectivity index (χ3n) is 2.64. The molecule has 0 spiro atoms. The average Bonchev–Trinajstić information content (AvgIpc) is 2.38. The number of hydrogen-bond donors (Lipinski definition) is 1. The molecule has 5 heteroatoms. The number of rotatable bonds is 2. The molecule has 0 amide bonds. The van der Waals surface area contributed by atoms with Crippen LogP contribution in [0.3, 0.4) is 0 Å². The molecule has 1 aromatic heterocycles. The minimum atomic E-state index is 0.468. The molecule has 0 aliphatic heterocycles. The summed E-state index contributed by atoms with van der Waals surface area (Å²) in [5.74, 6) is 1.09. The average molecular weight is 316 g/mol. The Hall–Kier alpha value is -2.14. The van der Waals surface area contributed by atoms with Crippen LogP contribution in [0.5, 0.6) is 11.6 Å². The molecule has 3 aromatic rings. The molecule has 3 rings (SSSR count). The first kappa shape index (κ1) is 11.9. The molecule has 0 radical (unpaired) electrons. The zero-order valence-corrected chi connectivity index (χ0v) is 11.5. The number of aromatic nitrogens is 2. The normalized spacial score (nSPS) is 10.6. The topological polar surface area (TPSA) is 61.0 Å². The summed E-state index contributed by atoms with van der Waals surface area (Å²) >= 11 is 3.38. The summed E-state index contributed by atoms with van der Waals surface area (Å²) in [5.41, 5.74) is 6.40. The molecule has 0 saturated carbocycles. The van der Waals surface area contributed by atoms with Crippen LogP contribution < -0.4 is 10.5 Å². The lowest BCUT2D eigenvalue weighted by Crippen LogP contribution is -1.93. The van der Waals surface area contributed by atoms with E-state index in [2.05, 4.69) is 26.1 Å². The van der Waals surface area contributed by atoms with E-state index in [0.29, 0.717) is 17.3 Å². The van der Waals surface area contributed by atoms with Gasteiger partial charge in [0.05, 0.1) is 6.20 Å². The zero-order chi connectivity index (χ0) is 13.2. The van der Waals surface area contributed by atoms with Gasteiger partial charge in [-0.25, -0.2) is 0 Å². The number of benzene rings is 2. The highest BCUT2D eigenvalue weighted by Crippen LogP contribution is 2.29. The van der Waals surface area contributed by atoms with Gasteiger partial charge in [0, 0.05) is 27.0 Å². The molecule has 0 fully saturated rings. The number of ether oxygens (including phenoxy) is 1. The zero-order valence-electron chi connectivity index (χ0n) is 9.88. The standard InChI is InChI=1S/C14H10BrN3O/c15-10-5-11(16)7-12(6-10)19-14-13-4-2-1-3-9(13)8-17-18-14/h1-8H,16H2. The van der Waals surface area contributed by atoms with Crippen LogP contribution in [0.25, 0.3) is 10.8 Å². The lowest BCUT2D eigenvalue weighted by atomic mass is 10.2. The van der Waals surface area contributed by atoms with Gasteiger partial charge in [-0.1, -0.05) is 34.1 Å². The molecule has 0 unspecified atom stereocenters. The Morgan fingerprint density at radius 2 is 1.95 bits per heavy atom. The van der Waals surface area contributed by atoms with Crippen molar-refractivity contribution < 1.29 is 4.74 Å². The quantitative estimate of drug-likeness (QED) is 0.731. The van der Waals surface area contributed by atoms with Gasteiger partial charge in [-0.05, 0) is 18.2 Å². The molecule has 0 saturated heterocycles. The summed E-state index contributed by atoms with van der Waals surface area (Å²) in [5, 5.41) is 9.86. The number of nitrogens with two attached hydrogens (primary N) is 1. The summed E-state index contributed by atoms with van der Waals surface area (Å²) < 4.78 is 6.63. The first-order chi connectivity index (χ1) is 9.22. The molecule has 19 heavy (non-hydrogen) atoms. The summed E-state index contributed by atoms with van der Waals surface area (Å²) in [4.78, 5) is 0. The lowest BCUT2D eigenvalue weighted by Gasteiger charge is -2.08. The van der Waals surface area contributed by atoms with Gasteiger partial charge in [-0.15, -0.1) is 5.10 Å². The third kappa shape index (κ3) is 2.51. The van der Waals surface area contributed by atoms with Crippen LogP contribution in [0.2, 0.25) is 0 Å². The minimum absolute atomic E-state index is 0.468. The number of hydrogen-bond acceptors (Lipinski definition) is 4. The highest BCUT2D eigenvalue weighted by Gasteiger charge is 2.06. The molecular weight excluding hydrogens is 306 g/mol. The Kier molecular flexibility index (Phi) is 3.05. The van der Waals surface area contributed by atoms with Gasteiger partial charge >= 0.3 is 0 Å². The van der Waals surface area contributed by atoms with Crippen LogP contribution in [-0.2, 0) is 0 Å². The van der Waals surface area contributed by atoms with Crippen molar-refractivity contribution in [1.29, 1.82) is 0 Å². The number of fused-ring (bicyclic) bond motifs is 1. The van der Waals surface area contributed by atoms with Gasteiger partial charge in [0.2, 0.25) is 5.88 Å². The lowest BCUT2D eigenvalue weighted by molar-refractivity contribution is 0.462. The van der Waals surface area contributed by atoms with Gasteiger partial charge in [0.15, 0.2) is 0 Å². The van der Waals surface area contributed by atoms with Crippen LogP contribution in [0.1, 0.15) is 0 Å². The Morgan fingerprint density at radius 1 is 1.11 bits per heavy atom. The Bertz CT molecular complexity index is 720. The van der Waals surface area contributed by atoms with E-state index in [1.165, 1.54) is 0 Å². The van der Waals surface area contributed by atoms with Crippen LogP contribution in [-0.4, -0.2) is 10.2 Å². The van der Waals surface area contributed by atoms with Crippen molar-refractivity contribution in [1.82, 2.24) is 10.2 Å². The summed E-state index contributed by atoms with van der Waals surface area (Å²) in [6.45, 7) is 0. The van der Waals surface area contributed by atoms with E-state index in [9.17, 15) is 0 Å². The number of nitrogens with zero attached hydrogens (tertiary/aromatic N) is 2. The maximum Gasteiger partial charge on any atom is 0.246 e. The fourth-order valence-corrected chi connectivity index (χ4v) is 2.32. The van der Waals surface area contributed by atoms with E-state index in [4.69, 9.17) is 10.5 Å². The van der Waals surface area contributed by atoms with E-state index in [1.54, 1.807) is 12.3 Å². The maximum atomic E-state index is 5.78. The van der Waals surface area contributed by atoms with E-state index >= 15 is 0 Å². The van der Waals surface area contributed by atoms with Crippen molar-refractivity contribution in [2.45, 2.75) is 0 Å². The smallest absolute Gasteiger partial charge is 0.246 e. The number of halogens is 1. The maximum absolute atomic E-state index is 5.78. The largest absolute Gasteiger partial charge is 0.437 e. The van der Waals surface area contributed by atoms with E-state index < -0.39 is 0 Å². The van der Waals surface area contributed by atoms with Crippen molar-refractivity contribution in [2.75, 3.05) is 5.73 Å². The molecule has 0 aliphatic carbocycles. The number of nitrogen functional groups attached to an aromatic ring is 1. The van der Waals surface area contributed by atoms with Gasteiger partial charge < -0.3 is 10.5 Å². The van der Waals surface area contributed by atoms with Crippen molar-refractivity contribution in [2.24, 2.45) is 0 Å². The molecule has 2 N–H and O–H groups in total. The third-order valence-corrected chi connectivity index (χ3v) is 3.10. The summed E-state index contributed by atoms with van der Waals surface area (Å²) in [6, 6.07) is 13.2. The fraction of sp³-hybridized carbons (Fsp3) is 0. The van der Waals surface area contributed by atoms with Crippen LogP contribution in [0.4, 0.5) is 5.69 Å². The van der Waals surface area contributed by atoms with Crippen molar-refractivity contribution in [3.8, 4) is 11.6 Å². The summed E-state index contributed by atoms with van der Waals surface area (Å²) in [6.07, 6.45) is 1.71. The molecule has 1 heterocycles. The van der Waals surface area contributed by atoms with E-state index in [0.717, 1.165) is 15.2 Å². The molecule has 0 aliphatic rings. The fourth-order valence-electron chi connectivity index (χ4n) is 1.83. The predicted octanol–water partition coefficient (Wildman–Crippen LogP) is 3.77. The molecule has 2 aromatic carbocycles. The van der Waals surface area contributed by atoms with Crippen LogP contribution >= 0.6 is 15.9 Å². The highest BCUT2D eigenvalue weighted by atomic mass is 79.9. The second kappa shape index (κ2) is 4.85. The highest BCUT2D eigenvalue weighted by molar-refractivity contribution is 9.10. The van der Waals surface area contributed by atoms with Gasteiger partial charge in [0.25, 0.3) is 0 Å². The van der Waals surface area contributed by atoms with Gasteiger partial charge in [-0.2, -0.15) is 5.10 Å². The minimum Gasteiger partial charge on any atom is -0.437 e. The SMILES string of the molecule is Nc1cc(Br)cc(Oc2nncc3ccccc23)c1. The van der Waals surface area contributed by atoms with Crippen molar-refractivity contribution in [3.05, 3.63) is 53.1 Å². The predicted molar refractivity (Wildman–Crippen MR) is 78.2 cm³/mol. The first-order valence-electron chi connectivity index (χ1n) is 5.67. The molecule has 0 atom stereocenters. The van der Waals surface area contributed by atoms with Crippen molar-refractivity contribution >= 4 is 32.4 Å². The second-order valence-corrected chi connectivity index (χ2v) is 4.97. The van der Waals surface area contributed by atoms with E-state index in [1.807, 2.05) is 36.4 Å². The molecule has 94 valence electrons. The van der Waals surface area contributed by atoms with Crippen LogP contribution in [0.15, 0.2) is 53.1 Å². The summed E-state index contributed by atoms with van der Waals surface area (Å²) in [7, 11) is 0. The number of anilines is 1. The Labute approximate surface area is 118 Å². The van der Waals surface area contributed by atoms with Gasteiger partial charge in [-0.3, -0.25) is 0 Å². The monoisotopic (exact) mass is 315 g/mol. The first-order valence-corrected chi connectivity index (χ1v) is 6.46.